The molecule has 1 aliphatic heterocycles. The standard InChI is InChI=1S/C24H26F2N2O2/c1-2-30-20-8-4-6-16(11-20)21-13-19(26)10-17-12-22(28-23(17)21)24(29)27-14-15-5-3-7-18(25)9-15/h4-6,8-11,13,17,22-23,28H,2-3,7,12,14H2,1H3,(H,27,29). The van der Waals surface area contributed by atoms with Crippen LogP contribution in [0.4, 0.5) is 8.78 Å². The van der Waals surface area contributed by atoms with Crippen LogP contribution >= 0.6 is 0 Å². The molecule has 3 unspecified atom stereocenters. The third-order valence-electron chi connectivity index (χ3n) is 5.71. The Kier molecular flexibility index (Phi) is 6.13. The first-order valence-corrected chi connectivity index (χ1v) is 10.4. The molecule has 0 bridgehead atoms. The van der Waals surface area contributed by atoms with E-state index in [9.17, 15) is 13.6 Å². The summed E-state index contributed by atoms with van der Waals surface area (Å²) in [7, 11) is 0. The molecule has 2 N–H and O–H groups in total. The van der Waals surface area contributed by atoms with E-state index in [2.05, 4.69) is 10.6 Å². The minimum atomic E-state index is -0.432. The Morgan fingerprint density at radius 2 is 2.17 bits per heavy atom. The Morgan fingerprint density at radius 3 is 2.97 bits per heavy atom. The molecule has 1 heterocycles. The van der Waals surface area contributed by atoms with Gasteiger partial charge in [0, 0.05) is 24.9 Å². The fraction of sp³-hybridized carbons (Fsp3) is 0.375. The van der Waals surface area contributed by atoms with E-state index >= 15 is 0 Å². The number of halogens is 2. The fourth-order valence-electron chi connectivity index (χ4n) is 4.33. The van der Waals surface area contributed by atoms with E-state index in [1.54, 1.807) is 6.08 Å². The Labute approximate surface area is 175 Å². The van der Waals surface area contributed by atoms with E-state index in [4.69, 9.17) is 4.74 Å². The molecular formula is C24H26F2N2O2. The van der Waals surface area contributed by atoms with E-state index in [1.165, 1.54) is 12.2 Å². The highest BCUT2D eigenvalue weighted by atomic mass is 19.1. The van der Waals surface area contributed by atoms with Crippen molar-refractivity contribution in [2.45, 2.75) is 38.3 Å². The van der Waals surface area contributed by atoms with Crippen LogP contribution in [0.2, 0.25) is 0 Å². The third-order valence-corrected chi connectivity index (χ3v) is 5.71. The van der Waals surface area contributed by atoms with Crippen molar-refractivity contribution in [1.82, 2.24) is 10.6 Å². The summed E-state index contributed by atoms with van der Waals surface area (Å²) in [6.45, 7) is 2.77. The quantitative estimate of drug-likeness (QED) is 0.730. The SMILES string of the molecule is CCOc1cccc(C2=CC(F)=CC3CC(C(=O)NCC4=CCCC(F)=C4)NC23)c1. The zero-order chi connectivity index (χ0) is 21.1. The minimum Gasteiger partial charge on any atom is -0.494 e. The van der Waals surface area contributed by atoms with E-state index in [1.807, 2.05) is 37.3 Å². The summed E-state index contributed by atoms with van der Waals surface area (Å²) in [6, 6.07) is 7.00. The van der Waals surface area contributed by atoms with Crippen molar-refractivity contribution in [3.63, 3.8) is 0 Å². The zero-order valence-corrected chi connectivity index (χ0v) is 17.0. The van der Waals surface area contributed by atoms with Gasteiger partial charge in [-0.15, -0.1) is 0 Å². The van der Waals surface area contributed by atoms with Crippen LogP contribution < -0.4 is 15.4 Å². The van der Waals surface area contributed by atoms with Crippen LogP contribution in [0.5, 0.6) is 5.75 Å². The molecule has 2 aliphatic carbocycles. The van der Waals surface area contributed by atoms with Crippen LogP contribution in [0, 0.1) is 5.92 Å². The lowest BCUT2D eigenvalue weighted by Gasteiger charge is -2.24. The van der Waals surface area contributed by atoms with Crippen LogP contribution in [0.15, 0.2) is 65.8 Å². The van der Waals surface area contributed by atoms with Crippen molar-refractivity contribution < 1.29 is 18.3 Å². The van der Waals surface area contributed by atoms with Crippen molar-refractivity contribution >= 4 is 11.5 Å². The molecule has 6 heteroatoms. The first-order chi connectivity index (χ1) is 14.5. The number of fused-ring (bicyclic) bond motifs is 1. The van der Waals surface area contributed by atoms with Gasteiger partial charge in [-0.2, -0.15) is 0 Å². The molecule has 0 aromatic heterocycles. The van der Waals surface area contributed by atoms with Crippen molar-refractivity contribution in [1.29, 1.82) is 0 Å². The Balaban J connectivity index is 1.45. The number of rotatable bonds is 6. The van der Waals surface area contributed by atoms with Crippen LogP contribution in [0.25, 0.3) is 5.57 Å². The number of nitrogens with one attached hydrogen (secondary N) is 2. The van der Waals surface area contributed by atoms with E-state index in [-0.39, 0.29) is 29.5 Å². The maximum Gasteiger partial charge on any atom is 0.237 e. The van der Waals surface area contributed by atoms with Gasteiger partial charge in [0.2, 0.25) is 5.91 Å². The topological polar surface area (TPSA) is 50.4 Å². The van der Waals surface area contributed by atoms with Gasteiger partial charge in [0.15, 0.2) is 0 Å². The largest absolute Gasteiger partial charge is 0.494 e. The lowest BCUT2D eigenvalue weighted by Crippen LogP contribution is -2.43. The molecule has 1 aromatic rings. The molecular weight excluding hydrogens is 386 g/mol. The second kappa shape index (κ2) is 8.96. The number of hydrogen-bond acceptors (Lipinski definition) is 3. The normalized spacial score (nSPS) is 25.5. The summed E-state index contributed by atoms with van der Waals surface area (Å²) in [5.41, 5.74) is 2.47. The van der Waals surface area contributed by atoms with E-state index in [0.717, 1.165) is 22.5 Å². The molecule has 0 saturated carbocycles. The van der Waals surface area contributed by atoms with Crippen LogP contribution in [-0.4, -0.2) is 31.1 Å². The van der Waals surface area contributed by atoms with Gasteiger partial charge >= 0.3 is 0 Å². The molecule has 158 valence electrons. The fourth-order valence-corrected chi connectivity index (χ4v) is 4.33. The Hall–Kier alpha value is -2.73. The van der Waals surface area contributed by atoms with Crippen LogP contribution in [0.3, 0.4) is 0 Å². The summed E-state index contributed by atoms with van der Waals surface area (Å²) in [4.78, 5) is 12.7. The van der Waals surface area contributed by atoms with Gasteiger partial charge in [0.25, 0.3) is 0 Å². The van der Waals surface area contributed by atoms with Gasteiger partial charge in [-0.3, -0.25) is 10.1 Å². The van der Waals surface area contributed by atoms with Crippen molar-refractivity contribution in [2.24, 2.45) is 5.92 Å². The molecule has 1 aromatic carbocycles. The summed E-state index contributed by atoms with van der Waals surface area (Å²) >= 11 is 0. The molecule has 3 aliphatic rings. The maximum absolute atomic E-state index is 14.3. The molecule has 4 nitrogen and oxygen atoms in total. The summed E-state index contributed by atoms with van der Waals surface area (Å²) in [5, 5.41) is 6.25. The highest BCUT2D eigenvalue weighted by Gasteiger charge is 2.40. The first kappa shape index (κ1) is 20.5. The van der Waals surface area contributed by atoms with Crippen LogP contribution in [-0.2, 0) is 4.79 Å². The number of allylic oxidation sites excluding steroid dienone is 4. The molecule has 3 atom stereocenters. The summed E-state index contributed by atoms with van der Waals surface area (Å²) in [5.74, 6) is 0.0275. The van der Waals surface area contributed by atoms with Gasteiger partial charge in [0.1, 0.15) is 17.4 Å². The molecule has 1 amide bonds. The number of carbonyl (C=O) groups excluding carboxylic acids is 1. The molecule has 4 rings (SSSR count). The third kappa shape index (κ3) is 4.54. The number of carbonyl (C=O) groups is 1. The smallest absolute Gasteiger partial charge is 0.237 e. The van der Waals surface area contributed by atoms with Gasteiger partial charge < -0.3 is 10.1 Å². The molecule has 1 fully saturated rings. The van der Waals surface area contributed by atoms with Crippen molar-refractivity contribution in [3.05, 3.63) is 71.4 Å². The van der Waals surface area contributed by atoms with Gasteiger partial charge in [0.05, 0.1) is 12.6 Å². The summed E-state index contributed by atoms with van der Waals surface area (Å²) < 4.78 is 33.3. The zero-order valence-electron chi connectivity index (χ0n) is 17.0. The molecule has 0 radical (unpaired) electrons. The van der Waals surface area contributed by atoms with E-state index < -0.39 is 6.04 Å². The van der Waals surface area contributed by atoms with E-state index in [0.29, 0.717) is 32.4 Å². The van der Waals surface area contributed by atoms with Crippen molar-refractivity contribution in [3.8, 4) is 5.75 Å². The lowest BCUT2D eigenvalue weighted by molar-refractivity contribution is -0.122. The Morgan fingerprint density at radius 1 is 1.30 bits per heavy atom. The van der Waals surface area contributed by atoms with Crippen molar-refractivity contribution in [2.75, 3.05) is 13.2 Å². The highest BCUT2D eigenvalue weighted by Crippen LogP contribution is 2.38. The minimum absolute atomic E-state index is 0.109. The second-order valence-corrected chi connectivity index (χ2v) is 7.84. The van der Waals surface area contributed by atoms with Crippen LogP contribution in [0.1, 0.15) is 31.7 Å². The number of amides is 1. The second-order valence-electron chi connectivity index (χ2n) is 7.84. The predicted octanol–water partition coefficient (Wildman–Crippen LogP) is 4.37. The number of benzene rings is 1. The molecule has 0 spiro atoms. The first-order valence-electron chi connectivity index (χ1n) is 10.4. The molecule has 1 saturated heterocycles. The monoisotopic (exact) mass is 412 g/mol. The van der Waals surface area contributed by atoms with Gasteiger partial charge in [-0.05, 0) is 66.8 Å². The Bertz CT molecular complexity index is 948. The lowest BCUT2D eigenvalue weighted by atomic mass is 9.85. The average molecular weight is 412 g/mol. The maximum atomic E-state index is 14.3. The molecule has 30 heavy (non-hydrogen) atoms. The summed E-state index contributed by atoms with van der Waals surface area (Å²) in [6.07, 6.45) is 8.12. The average Bonchev–Trinajstić information content (AvgIpc) is 3.16. The highest BCUT2D eigenvalue weighted by molar-refractivity contribution is 5.84. The number of hydrogen-bond donors (Lipinski definition) is 2. The van der Waals surface area contributed by atoms with Gasteiger partial charge in [-0.25, -0.2) is 8.78 Å². The van der Waals surface area contributed by atoms with Gasteiger partial charge in [-0.1, -0.05) is 18.2 Å². The number of ether oxygens (including phenoxy) is 1. The predicted molar refractivity (Wildman–Crippen MR) is 113 cm³/mol.